The van der Waals surface area contributed by atoms with Gasteiger partial charge in [-0.3, -0.25) is 0 Å². The predicted molar refractivity (Wildman–Crippen MR) is 119 cm³/mol. The molecule has 0 heterocycles. The zero-order valence-corrected chi connectivity index (χ0v) is 20.1. The Morgan fingerprint density at radius 3 is 2.04 bits per heavy atom. The fourth-order valence-corrected chi connectivity index (χ4v) is 5.59. The molecule has 5 atom stereocenters. The maximum absolute atomic E-state index is 2.57. The molecule has 0 amide bonds. The number of rotatable bonds is 10. The molecule has 1 saturated carbocycles. The highest BCUT2D eigenvalue weighted by Crippen LogP contribution is 2.51. The molecule has 0 aromatic carbocycles. The Hall–Kier alpha value is 0. The lowest BCUT2D eigenvalue weighted by atomic mass is 9.63. The molecular weight excluding hydrogens is 312 g/mol. The lowest BCUT2D eigenvalue weighted by molar-refractivity contribution is 0.0717. The van der Waals surface area contributed by atoms with Gasteiger partial charge in [-0.1, -0.05) is 94.9 Å². The molecule has 1 aliphatic rings. The third-order valence-corrected chi connectivity index (χ3v) is 8.20. The standard InChI is InChI=1S/C26H52/c1-11-12-16-24(25(6,7)8)23-15-13-14-22(23)18-26(9,10)21(5)17-20(4)19(2)3/h19-24H,11-18H2,1-10H3. The van der Waals surface area contributed by atoms with Gasteiger partial charge >= 0.3 is 0 Å². The minimum atomic E-state index is 0.463. The van der Waals surface area contributed by atoms with Crippen molar-refractivity contribution in [3.8, 4) is 0 Å². The predicted octanol–water partition coefficient (Wildman–Crippen LogP) is 8.99. The molecule has 0 N–H and O–H groups in total. The van der Waals surface area contributed by atoms with Crippen molar-refractivity contribution >= 4 is 0 Å². The topological polar surface area (TPSA) is 0 Å². The van der Waals surface area contributed by atoms with Crippen molar-refractivity contribution in [2.24, 2.45) is 46.3 Å². The summed E-state index contributed by atoms with van der Waals surface area (Å²) in [6, 6.07) is 0. The van der Waals surface area contributed by atoms with Crippen LogP contribution in [0.1, 0.15) is 121 Å². The molecule has 0 aliphatic heterocycles. The van der Waals surface area contributed by atoms with Gasteiger partial charge in [-0.2, -0.15) is 0 Å². The quantitative estimate of drug-likeness (QED) is 0.363. The van der Waals surface area contributed by atoms with Crippen molar-refractivity contribution in [3.63, 3.8) is 0 Å². The van der Waals surface area contributed by atoms with E-state index >= 15 is 0 Å². The van der Waals surface area contributed by atoms with E-state index < -0.39 is 0 Å². The molecule has 26 heavy (non-hydrogen) atoms. The first-order chi connectivity index (χ1) is 11.9. The molecule has 0 aromatic rings. The van der Waals surface area contributed by atoms with Crippen LogP contribution in [0.5, 0.6) is 0 Å². The Balaban J connectivity index is 2.82. The largest absolute Gasteiger partial charge is 0.0654 e. The minimum Gasteiger partial charge on any atom is -0.0654 e. The second kappa shape index (κ2) is 9.97. The molecule has 5 unspecified atom stereocenters. The molecule has 1 aliphatic carbocycles. The number of hydrogen-bond donors (Lipinski definition) is 0. The van der Waals surface area contributed by atoms with Crippen LogP contribution in [0.2, 0.25) is 0 Å². The van der Waals surface area contributed by atoms with Gasteiger partial charge in [0.2, 0.25) is 0 Å². The summed E-state index contributed by atoms with van der Waals surface area (Å²) >= 11 is 0. The monoisotopic (exact) mass is 364 g/mol. The average Bonchev–Trinajstić information content (AvgIpc) is 2.93. The van der Waals surface area contributed by atoms with Crippen LogP contribution in [0.25, 0.3) is 0 Å². The fraction of sp³-hybridized carbons (Fsp3) is 1.00. The summed E-state index contributed by atoms with van der Waals surface area (Å²) in [7, 11) is 0. The van der Waals surface area contributed by atoms with Gasteiger partial charge in [0.15, 0.2) is 0 Å². The van der Waals surface area contributed by atoms with Gasteiger partial charge < -0.3 is 0 Å². The van der Waals surface area contributed by atoms with E-state index in [1.807, 2.05) is 0 Å². The van der Waals surface area contributed by atoms with E-state index in [1.165, 1.54) is 51.4 Å². The summed E-state index contributed by atoms with van der Waals surface area (Å²) in [4.78, 5) is 0. The van der Waals surface area contributed by atoms with Crippen molar-refractivity contribution < 1.29 is 0 Å². The van der Waals surface area contributed by atoms with Gasteiger partial charge in [-0.05, 0) is 72.0 Å². The van der Waals surface area contributed by atoms with Crippen molar-refractivity contribution in [2.75, 3.05) is 0 Å². The summed E-state index contributed by atoms with van der Waals surface area (Å²) in [6.07, 6.45) is 11.5. The van der Waals surface area contributed by atoms with Gasteiger partial charge in [-0.15, -0.1) is 0 Å². The minimum absolute atomic E-state index is 0.463. The third kappa shape index (κ3) is 6.87. The van der Waals surface area contributed by atoms with Crippen molar-refractivity contribution in [1.82, 2.24) is 0 Å². The van der Waals surface area contributed by atoms with E-state index in [2.05, 4.69) is 69.2 Å². The highest BCUT2D eigenvalue weighted by molar-refractivity contribution is 4.91. The molecule has 0 spiro atoms. The molecule has 0 nitrogen and oxygen atoms in total. The second-order valence-corrected chi connectivity index (χ2v) is 12.0. The van der Waals surface area contributed by atoms with Crippen LogP contribution in [-0.2, 0) is 0 Å². The molecule has 0 bridgehead atoms. The summed E-state index contributed by atoms with van der Waals surface area (Å²) in [5.41, 5.74) is 0.938. The first kappa shape index (κ1) is 24.0. The first-order valence-corrected chi connectivity index (χ1v) is 11.9. The number of unbranched alkanes of at least 4 members (excludes halogenated alkanes) is 1. The molecule has 0 saturated heterocycles. The Kier molecular flexibility index (Phi) is 9.22. The fourth-order valence-electron chi connectivity index (χ4n) is 5.59. The molecule has 0 heteroatoms. The van der Waals surface area contributed by atoms with E-state index in [9.17, 15) is 0 Å². The van der Waals surface area contributed by atoms with Gasteiger partial charge in [0, 0.05) is 0 Å². The maximum Gasteiger partial charge on any atom is -0.0326 e. The number of hydrogen-bond acceptors (Lipinski definition) is 0. The van der Waals surface area contributed by atoms with Crippen molar-refractivity contribution in [3.05, 3.63) is 0 Å². The average molecular weight is 365 g/mol. The normalized spacial score (nSPS) is 25.5. The molecule has 0 aromatic heterocycles. The molecule has 0 radical (unpaired) electrons. The Morgan fingerprint density at radius 1 is 0.923 bits per heavy atom. The van der Waals surface area contributed by atoms with Gasteiger partial charge in [0.05, 0.1) is 0 Å². The Morgan fingerprint density at radius 2 is 1.54 bits per heavy atom. The lowest BCUT2D eigenvalue weighted by Crippen LogP contribution is -2.34. The Bertz CT molecular complexity index is 383. The second-order valence-electron chi connectivity index (χ2n) is 12.0. The van der Waals surface area contributed by atoms with Crippen LogP contribution < -0.4 is 0 Å². The highest BCUT2D eigenvalue weighted by atomic mass is 14.5. The SMILES string of the molecule is CCCCC(C1CCCC1CC(C)(C)C(C)CC(C)C(C)C)C(C)(C)C. The molecular formula is C26H52. The van der Waals surface area contributed by atoms with E-state index in [1.54, 1.807) is 0 Å². The molecule has 156 valence electrons. The summed E-state index contributed by atoms with van der Waals surface area (Å²) in [5, 5.41) is 0. The summed E-state index contributed by atoms with van der Waals surface area (Å²) in [6.45, 7) is 24.8. The highest BCUT2D eigenvalue weighted by Gasteiger charge is 2.41. The van der Waals surface area contributed by atoms with Crippen LogP contribution in [0.4, 0.5) is 0 Å². The molecule has 1 fully saturated rings. The van der Waals surface area contributed by atoms with Crippen LogP contribution in [0.15, 0.2) is 0 Å². The zero-order valence-electron chi connectivity index (χ0n) is 20.1. The van der Waals surface area contributed by atoms with Gasteiger partial charge in [0.25, 0.3) is 0 Å². The van der Waals surface area contributed by atoms with E-state index in [-0.39, 0.29) is 0 Å². The van der Waals surface area contributed by atoms with E-state index in [4.69, 9.17) is 0 Å². The van der Waals surface area contributed by atoms with Crippen molar-refractivity contribution in [2.45, 2.75) is 121 Å². The van der Waals surface area contributed by atoms with Crippen LogP contribution in [0, 0.1) is 46.3 Å². The lowest BCUT2D eigenvalue weighted by Gasteiger charge is -2.42. The third-order valence-electron chi connectivity index (χ3n) is 8.20. The van der Waals surface area contributed by atoms with Crippen LogP contribution in [-0.4, -0.2) is 0 Å². The van der Waals surface area contributed by atoms with Crippen LogP contribution in [0.3, 0.4) is 0 Å². The van der Waals surface area contributed by atoms with Crippen molar-refractivity contribution in [1.29, 1.82) is 0 Å². The van der Waals surface area contributed by atoms with Gasteiger partial charge in [0.1, 0.15) is 0 Å². The summed E-state index contributed by atoms with van der Waals surface area (Å²) < 4.78 is 0. The molecule has 1 rings (SSSR count). The zero-order chi connectivity index (χ0) is 20.1. The van der Waals surface area contributed by atoms with Gasteiger partial charge in [-0.25, -0.2) is 0 Å². The Labute approximate surface area is 167 Å². The maximum atomic E-state index is 2.57. The van der Waals surface area contributed by atoms with E-state index in [0.29, 0.717) is 10.8 Å². The summed E-state index contributed by atoms with van der Waals surface area (Å²) in [5.74, 6) is 5.32. The first-order valence-electron chi connectivity index (χ1n) is 11.9. The van der Waals surface area contributed by atoms with Crippen LogP contribution >= 0.6 is 0 Å². The smallest absolute Gasteiger partial charge is 0.0326 e. The van der Waals surface area contributed by atoms with E-state index in [0.717, 1.165) is 35.5 Å².